The van der Waals surface area contributed by atoms with E-state index in [2.05, 4.69) is 44.7 Å². The van der Waals surface area contributed by atoms with Crippen molar-refractivity contribution in [3.05, 3.63) is 42.0 Å². The Morgan fingerprint density at radius 3 is 2.38 bits per heavy atom. The summed E-state index contributed by atoms with van der Waals surface area (Å²) in [6.07, 6.45) is 4.32. The largest absolute Gasteiger partial charge is 0.0985 e. The lowest BCUT2D eigenvalue weighted by molar-refractivity contribution is 0.560. The lowest BCUT2D eigenvalue weighted by Crippen LogP contribution is -1.97. The summed E-state index contributed by atoms with van der Waals surface area (Å²) >= 11 is 0. The van der Waals surface area contributed by atoms with E-state index in [0.29, 0.717) is 0 Å². The molecular weight excluding hydrogens is 156 g/mol. The first kappa shape index (κ1) is 10.0. The van der Waals surface area contributed by atoms with Crippen LogP contribution in [0.5, 0.6) is 0 Å². The molecule has 0 aliphatic heterocycles. The maximum Gasteiger partial charge on any atom is -0.0253 e. The highest BCUT2D eigenvalue weighted by Crippen LogP contribution is 2.12. The van der Waals surface area contributed by atoms with Crippen molar-refractivity contribution in [1.29, 1.82) is 0 Å². The van der Waals surface area contributed by atoms with Gasteiger partial charge in [-0.05, 0) is 23.5 Å². The molecule has 1 atom stereocenters. The third kappa shape index (κ3) is 3.06. The van der Waals surface area contributed by atoms with Crippen molar-refractivity contribution in [2.24, 2.45) is 5.92 Å². The van der Waals surface area contributed by atoms with E-state index in [1.807, 2.05) is 6.08 Å². The molecule has 0 saturated carbocycles. The SMILES string of the molecule is C=Cc1ccc(CC(C)CC)cc1. The lowest BCUT2D eigenvalue weighted by Gasteiger charge is -2.07. The number of hydrogen-bond donors (Lipinski definition) is 0. The van der Waals surface area contributed by atoms with Gasteiger partial charge in [-0.25, -0.2) is 0 Å². The average Bonchev–Trinajstić information content (AvgIpc) is 2.19. The van der Waals surface area contributed by atoms with Crippen molar-refractivity contribution in [2.75, 3.05) is 0 Å². The van der Waals surface area contributed by atoms with Crippen molar-refractivity contribution >= 4 is 6.08 Å². The standard InChI is InChI=1S/C13H18/c1-4-11(3)10-13-8-6-12(5-2)7-9-13/h5-9,11H,2,4,10H2,1,3H3. The molecule has 1 unspecified atom stereocenters. The summed E-state index contributed by atoms with van der Waals surface area (Å²) in [5, 5.41) is 0. The van der Waals surface area contributed by atoms with Crippen molar-refractivity contribution in [3.63, 3.8) is 0 Å². The van der Waals surface area contributed by atoms with Gasteiger partial charge in [-0.15, -0.1) is 0 Å². The van der Waals surface area contributed by atoms with E-state index in [1.54, 1.807) is 0 Å². The second kappa shape index (κ2) is 4.86. The van der Waals surface area contributed by atoms with Crippen molar-refractivity contribution in [3.8, 4) is 0 Å². The fourth-order valence-electron chi connectivity index (χ4n) is 1.34. The smallest absolute Gasteiger partial charge is 0.0253 e. The molecule has 0 N–H and O–H groups in total. The first-order valence-corrected chi connectivity index (χ1v) is 4.97. The van der Waals surface area contributed by atoms with Crippen LogP contribution in [-0.2, 0) is 6.42 Å². The average molecular weight is 174 g/mol. The highest BCUT2D eigenvalue weighted by Gasteiger charge is 1.99. The lowest BCUT2D eigenvalue weighted by atomic mass is 9.98. The molecule has 0 aliphatic carbocycles. The van der Waals surface area contributed by atoms with Crippen molar-refractivity contribution in [2.45, 2.75) is 26.7 Å². The van der Waals surface area contributed by atoms with Crippen LogP contribution in [0.2, 0.25) is 0 Å². The molecule has 0 radical (unpaired) electrons. The van der Waals surface area contributed by atoms with Gasteiger partial charge in [0.05, 0.1) is 0 Å². The van der Waals surface area contributed by atoms with Gasteiger partial charge < -0.3 is 0 Å². The zero-order chi connectivity index (χ0) is 9.68. The van der Waals surface area contributed by atoms with Gasteiger partial charge in [0, 0.05) is 0 Å². The second-order valence-corrected chi connectivity index (χ2v) is 3.66. The molecular formula is C13H18. The Morgan fingerprint density at radius 1 is 1.31 bits per heavy atom. The maximum atomic E-state index is 3.74. The van der Waals surface area contributed by atoms with Crippen molar-refractivity contribution in [1.82, 2.24) is 0 Å². The Morgan fingerprint density at radius 2 is 1.92 bits per heavy atom. The molecule has 0 saturated heterocycles. The van der Waals surface area contributed by atoms with Crippen LogP contribution >= 0.6 is 0 Å². The minimum atomic E-state index is 0.787. The van der Waals surface area contributed by atoms with E-state index in [1.165, 1.54) is 24.0 Å². The molecule has 0 heteroatoms. The fourth-order valence-corrected chi connectivity index (χ4v) is 1.34. The minimum absolute atomic E-state index is 0.787. The van der Waals surface area contributed by atoms with E-state index >= 15 is 0 Å². The van der Waals surface area contributed by atoms with Gasteiger partial charge in [0.1, 0.15) is 0 Å². The van der Waals surface area contributed by atoms with E-state index in [4.69, 9.17) is 0 Å². The van der Waals surface area contributed by atoms with Crippen LogP contribution < -0.4 is 0 Å². The Balaban J connectivity index is 2.63. The maximum absolute atomic E-state index is 3.74. The normalized spacial score (nSPS) is 12.5. The van der Waals surface area contributed by atoms with Gasteiger partial charge in [0.2, 0.25) is 0 Å². The highest BCUT2D eigenvalue weighted by molar-refractivity contribution is 5.47. The molecule has 0 bridgehead atoms. The van der Waals surface area contributed by atoms with Gasteiger partial charge in [-0.2, -0.15) is 0 Å². The summed E-state index contributed by atoms with van der Waals surface area (Å²) in [5.41, 5.74) is 2.63. The zero-order valence-electron chi connectivity index (χ0n) is 8.59. The monoisotopic (exact) mass is 174 g/mol. The topological polar surface area (TPSA) is 0 Å². The Bertz CT molecular complexity index is 256. The van der Waals surface area contributed by atoms with Gasteiger partial charge in [-0.1, -0.05) is 57.2 Å². The molecule has 1 aromatic rings. The van der Waals surface area contributed by atoms with Gasteiger partial charge >= 0.3 is 0 Å². The Hall–Kier alpha value is -1.04. The van der Waals surface area contributed by atoms with E-state index in [9.17, 15) is 0 Å². The first-order chi connectivity index (χ1) is 6.26. The summed E-state index contributed by atoms with van der Waals surface area (Å²) in [7, 11) is 0. The van der Waals surface area contributed by atoms with Crippen LogP contribution in [0.1, 0.15) is 31.4 Å². The van der Waals surface area contributed by atoms with E-state index in [-0.39, 0.29) is 0 Å². The Kier molecular flexibility index (Phi) is 3.75. The molecule has 13 heavy (non-hydrogen) atoms. The summed E-state index contributed by atoms with van der Waals surface area (Å²) in [5.74, 6) is 0.787. The van der Waals surface area contributed by atoms with E-state index < -0.39 is 0 Å². The van der Waals surface area contributed by atoms with Crippen LogP contribution in [0.4, 0.5) is 0 Å². The molecule has 0 nitrogen and oxygen atoms in total. The number of benzene rings is 1. The van der Waals surface area contributed by atoms with Crippen LogP contribution in [0, 0.1) is 5.92 Å². The third-order valence-electron chi connectivity index (χ3n) is 2.50. The zero-order valence-corrected chi connectivity index (χ0v) is 8.59. The van der Waals surface area contributed by atoms with Crippen LogP contribution in [-0.4, -0.2) is 0 Å². The van der Waals surface area contributed by atoms with Gasteiger partial charge in [0.15, 0.2) is 0 Å². The molecule has 0 aliphatic rings. The predicted octanol–water partition coefficient (Wildman–Crippen LogP) is 3.92. The van der Waals surface area contributed by atoms with Gasteiger partial charge in [0.25, 0.3) is 0 Å². The number of rotatable bonds is 4. The molecule has 0 fully saturated rings. The quantitative estimate of drug-likeness (QED) is 0.649. The molecule has 70 valence electrons. The molecule has 0 aromatic heterocycles. The molecule has 0 spiro atoms. The summed E-state index contributed by atoms with van der Waals surface area (Å²) < 4.78 is 0. The molecule has 0 heterocycles. The predicted molar refractivity (Wildman–Crippen MR) is 59.7 cm³/mol. The summed E-state index contributed by atoms with van der Waals surface area (Å²) in [6.45, 7) is 8.27. The first-order valence-electron chi connectivity index (χ1n) is 4.97. The fraction of sp³-hybridized carbons (Fsp3) is 0.385. The number of hydrogen-bond acceptors (Lipinski definition) is 0. The third-order valence-corrected chi connectivity index (χ3v) is 2.50. The molecule has 1 aromatic carbocycles. The summed E-state index contributed by atoms with van der Waals surface area (Å²) in [4.78, 5) is 0. The molecule has 0 amide bonds. The van der Waals surface area contributed by atoms with Crippen LogP contribution in [0.25, 0.3) is 6.08 Å². The van der Waals surface area contributed by atoms with Gasteiger partial charge in [-0.3, -0.25) is 0 Å². The minimum Gasteiger partial charge on any atom is -0.0985 e. The summed E-state index contributed by atoms with van der Waals surface area (Å²) in [6, 6.07) is 8.65. The highest BCUT2D eigenvalue weighted by atomic mass is 14.0. The molecule has 1 rings (SSSR count). The van der Waals surface area contributed by atoms with Crippen LogP contribution in [0.15, 0.2) is 30.8 Å². The van der Waals surface area contributed by atoms with E-state index in [0.717, 1.165) is 5.92 Å². The second-order valence-electron chi connectivity index (χ2n) is 3.66. The van der Waals surface area contributed by atoms with Crippen LogP contribution in [0.3, 0.4) is 0 Å². The van der Waals surface area contributed by atoms with Crippen molar-refractivity contribution < 1.29 is 0 Å². The Labute approximate surface area is 81.3 Å².